The third-order valence-corrected chi connectivity index (χ3v) is 3.35. The molecule has 0 radical (unpaired) electrons. The van der Waals surface area contributed by atoms with Gasteiger partial charge in [-0.05, 0) is 38.5 Å². The summed E-state index contributed by atoms with van der Waals surface area (Å²) in [6, 6.07) is 5.01. The molecule has 0 saturated carbocycles. The van der Waals surface area contributed by atoms with Gasteiger partial charge in [-0.25, -0.2) is 4.39 Å². The maximum absolute atomic E-state index is 13.1. The molecular formula is C17H16ClFN2O4. The van der Waals surface area contributed by atoms with Crippen LogP contribution in [0.15, 0.2) is 28.8 Å². The zero-order chi connectivity index (χ0) is 18.8. The Morgan fingerprint density at radius 2 is 1.92 bits per heavy atom. The zero-order valence-corrected chi connectivity index (χ0v) is 14.6. The van der Waals surface area contributed by atoms with Gasteiger partial charge in [0.05, 0.1) is 5.02 Å². The number of benzene rings is 1. The average molecular weight is 367 g/mol. The minimum atomic E-state index is -0.925. The fourth-order valence-electron chi connectivity index (χ4n) is 1.95. The van der Waals surface area contributed by atoms with Gasteiger partial charge >= 0.3 is 0 Å². The number of carbonyl (C=O) groups is 3. The van der Waals surface area contributed by atoms with Crippen LogP contribution in [0.4, 0.5) is 4.39 Å². The van der Waals surface area contributed by atoms with Gasteiger partial charge in [-0.1, -0.05) is 22.8 Å². The Morgan fingerprint density at radius 3 is 2.52 bits per heavy atom. The Kier molecular flexibility index (Phi) is 5.37. The number of Topliss-reactive ketones (excluding diaryl/α,β-unsaturated/α-hetero) is 2. The van der Waals surface area contributed by atoms with Crippen LogP contribution in [-0.4, -0.2) is 28.2 Å². The Labute approximate surface area is 148 Å². The molecule has 1 amide bonds. The lowest BCUT2D eigenvalue weighted by Gasteiger charge is -2.19. The van der Waals surface area contributed by atoms with Crippen LogP contribution in [0.5, 0.6) is 0 Å². The maximum atomic E-state index is 13.1. The molecule has 0 spiro atoms. The van der Waals surface area contributed by atoms with E-state index < -0.39 is 28.8 Å². The van der Waals surface area contributed by atoms with E-state index in [1.807, 2.05) is 0 Å². The van der Waals surface area contributed by atoms with Gasteiger partial charge in [0, 0.05) is 18.0 Å². The van der Waals surface area contributed by atoms with Crippen LogP contribution in [0, 0.1) is 5.82 Å². The van der Waals surface area contributed by atoms with Crippen LogP contribution >= 0.6 is 11.6 Å². The Morgan fingerprint density at radius 1 is 1.24 bits per heavy atom. The molecule has 1 heterocycles. The van der Waals surface area contributed by atoms with E-state index >= 15 is 0 Å². The van der Waals surface area contributed by atoms with Crippen LogP contribution in [0.1, 0.15) is 47.4 Å². The van der Waals surface area contributed by atoms with Gasteiger partial charge in [-0.3, -0.25) is 14.4 Å². The lowest BCUT2D eigenvalue weighted by molar-refractivity contribution is -0.118. The van der Waals surface area contributed by atoms with E-state index in [0.717, 1.165) is 12.1 Å². The number of hydrogen-bond donors (Lipinski definition) is 1. The highest BCUT2D eigenvalue weighted by Gasteiger charge is 2.26. The zero-order valence-electron chi connectivity index (χ0n) is 13.9. The van der Waals surface area contributed by atoms with Crippen molar-refractivity contribution in [3.63, 3.8) is 0 Å². The highest BCUT2D eigenvalue weighted by molar-refractivity contribution is 6.42. The lowest BCUT2D eigenvalue weighted by atomic mass is 10.1. The average Bonchev–Trinajstić information content (AvgIpc) is 2.98. The van der Waals surface area contributed by atoms with Gasteiger partial charge in [0.2, 0.25) is 5.76 Å². The smallest absolute Gasteiger partial charge is 0.296 e. The van der Waals surface area contributed by atoms with Crippen molar-refractivity contribution in [1.82, 2.24) is 10.5 Å². The number of ketones is 2. The molecule has 25 heavy (non-hydrogen) atoms. The van der Waals surface area contributed by atoms with Gasteiger partial charge in [0.1, 0.15) is 5.82 Å². The number of carbonyl (C=O) groups excluding carboxylic acids is 3. The second kappa shape index (κ2) is 7.14. The van der Waals surface area contributed by atoms with Gasteiger partial charge in [0.25, 0.3) is 11.7 Å². The standard InChI is InChI=1S/C17H16ClFN2O4/c1-17(2,3)20-16(24)15(23)14-8-12(21-25-14)13(22)7-9-4-5-11(19)10(18)6-9/h4-6,8H,7H2,1-3H3,(H,20,24). The summed E-state index contributed by atoms with van der Waals surface area (Å²) < 4.78 is 17.9. The molecule has 1 N–H and O–H groups in total. The maximum Gasteiger partial charge on any atom is 0.296 e. The van der Waals surface area contributed by atoms with E-state index in [-0.39, 0.29) is 22.9 Å². The normalized spacial score (nSPS) is 11.2. The third kappa shape index (κ3) is 4.96. The van der Waals surface area contributed by atoms with Crippen molar-refractivity contribution in [2.24, 2.45) is 0 Å². The summed E-state index contributed by atoms with van der Waals surface area (Å²) in [7, 11) is 0. The number of nitrogens with one attached hydrogen (secondary N) is 1. The van der Waals surface area contributed by atoms with Gasteiger partial charge in [0.15, 0.2) is 11.5 Å². The second-order valence-corrected chi connectivity index (χ2v) is 6.87. The summed E-state index contributed by atoms with van der Waals surface area (Å²) in [5.41, 5.74) is -0.210. The van der Waals surface area contributed by atoms with Crippen LogP contribution in [0.25, 0.3) is 0 Å². The molecule has 2 rings (SSSR count). The molecule has 0 bridgehead atoms. The molecule has 0 aliphatic carbocycles. The molecule has 0 saturated heterocycles. The minimum absolute atomic E-state index is 0.0971. The Hall–Kier alpha value is -2.54. The minimum Gasteiger partial charge on any atom is -0.352 e. The first-order valence-electron chi connectivity index (χ1n) is 7.37. The third-order valence-electron chi connectivity index (χ3n) is 3.06. The largest absolute Gasteiger partial charge is 0.352 e. The van der Waals surface area contributed by atoms with E-state index in [0.29, 0.717) is 5.56 Å². The molecule has 1 aromatic carbocycles. The van der Waals surface area contributed by atoms with Crippen molar-refractivity contribution in [3.05, 3.63) is 52.1 Å². The fourth-order valence-corrected chi connectivity index (χ4v) is 2.15. The van der Waals surface area contributed by atoms with E-state index in [4.69, 9.17) is 16.1 Å². The summed E-state index contributed by atoms with van der Waals surface area (Å²) in [5, 5.41) is 5.92. The second-order valence-electron chi connectivity index (χ2n) is 6.46. The first kappa shape index (κ1) is 18.8. The molecule has 0 unspecified atom stereocenters. The van der Waals surface area contributed by atoms with Crippen LogP contribution in [-0.2, 0) is 11.2 Å². The number of halogens is 2. The summed E-state index contributed by atoms with van der Waals surface area (Å²) in [4.78, 5) is 36.0. The van der Waals surface area contributed by atoms with Crippen molar-refractivity contribution in [1.29, 1.82) is 0 Å². The molecular weight excluding hydrogens is 351 g/mol. The predicted octanol–water partition coefficient (Wildman–Crippen LogP) is 2.99. The molecule has 8 heteroatoms. The first-order chi connectivity index (χ1) is 11.6. The van der Waals surface area contributed by atoms with E-state index in [9.17, 15) is 18.8 Å². The van der Waals surface area contributed by atoms with E-state index in [2.05, 4.69) is 10.5 Å². The Bertz CT molecular complexity index is 839. The number of hydrogen-bond acceptors (Lipinski definition) is 5. The molecule has 6 nitrogen and oxygen atoms in total. The highest BCUT2D eigenvalue weighted by atomic mass is 35.5. The van der Waals surface area contributed by atoms with Crippen molar-refractivity contribution in [2.45, 2.75) is 32.7 Å². The molecule has 0 aliphatic heterocycles. The summed E-state index contributed by atoms with van der Waals surface area (Å²) >= 11 is 5.67. The van der Waals surface area contributed by atoms with Gasteiger partial charge in [-0.15, -0.1) is 0 Å². The number of amides is 1. The van der Waals surface area contributed by atoms with Gasteiger partial charge in [-0.2, -0.15) is 0 Å². The molecule has 1 aromatic heterocycles. The topological polar surface area (TPSA) is 89.3 Å². The molecule has 132 valence electrons. The van der Waals surface area contributed by atoms with Crippen molar-refractivity contribution in [2.75, 3.05) is 0 Å². The SMILES string of the molecule is CC(C)(C)NC(=O)C(=O)c1cc(C(=O)Cc2ccc(F)c(Cl)c2)no1. The fraction of sp³-hybridized carbons (Fsp3) is 0.294. The van der Waals surface area contributed by atoms with Gasteiger partial charge < -0.3 is 9.84 Å². The molecule has 0 fully saturated rings. The molecule has 0 atom stereocenters. The van der Waals surface area contributed by atoms with Crippen molar-refractivity contribution < 1.29 is 23.3 Å². The van der Waals surface area contributed by atoms with Crippen molar-refractivity contribution in [3.8, 4) is 0 Å². The summed E-state index contributed by atoms with van der Waals surface area (Å²) in [6.45, 7) is 5.17. The monoisotopic (exact) mass is 366 g/mol. The first-order valence-corrected chi connectivity index (χ1v) is 7.75. The van der Waals surface area contributed by atoms with Crippen LogP contribution < -0.4 is 5.32 Å². The van der Waals surface area contributed by atoms with E-state index in [1.54, 1.807) is 20.8 Å². The van der Waals surface area contributed by atoms with Crippen LogP contribution in [0.3, 0.4) is 0 Å². The number of nitrogens with zero attached hydrogens (tertiary/aromatic N) is 1. The summed E-state index contributed by atoms with van der Waals surface area (Å²) in [6.07, 6.45) is -0.103. The van der Waals surface area contributed by atoms with Crippen LogP contribution in [0.2, 0.25) is 5.02 Å². The Balaban J connectivity index is 2.09. The van der Waals surface area contributed by atoms with E-state index in [1.165, 1.54) is 12.1 Å². The number of rotatable bonds is 5. The highest BCUT2D eigenvalue weighted by Crippen LogP contribution is 2.17. The van der Waals surface area contributed by atoms with Crippen molar-refractivity contribution >= 4 is 29.1 Å². The lowest BCUT2D eigenvalue weighted by Crippen LogP contribution is -2.44. The quantitative estimate of drug-likeness (QED) is 0.649. The molecule has 2 aromatic rings. The summed E-state index contributed by atoms with van der Waals surface area (Å²) in [5.74, 6) is -3.15. The predicted molar refractivity (Wildman–Crippen MR) is 88.2 cm³/mol. The molecule has 0 aliphatic rings. The number of aromatic nitrogens is 1.